The molecule has 1 rings (SSSR count). The highest BCUT2D eigenvalue weighted by Gasteiger charge is 1.89. The first kappa shape index (κ1) is 7.08. The molecule has 0 bridgehead atoms. The SMILES string of the molecule is CNc1ccc(N)c(=S)[nH]1. The van der Waals surface area contributed by atoms with E-state index in [2.05, 4.69) is 10.3 Å². The van der Waals surface area contributed by atoms with Gasteiger partial charge in [0.05, 0.1) is 5.69 Å². The lowest BCUT2D eigenvalue weighted by Gasteiger charge is -1.99. The van der Waals surface area contributed by atoms with Crippen molar-refractivity contribution < 1.29 is 0 Å². The van der Waals surface area contributed by atoms with Gasteiger partial charge in [0, 0.05) is 7.05 Å². The van der Waals surface area contributed by atoms with Gasteiger partial charge >= 0.3 is 0 Å². The van der Waals surface area contributed by atoms with Crippen LogP contribution in [0.1, 0.15) is 0 Å². The van der Waals surface area contributed by atoms with E-state index in [-0.39, 0.29) is 0 Å². The summed E-state index contributed by atoms with van der Waals surface area (Å²) >= 11 is 4.89. The fourth-order valence-corrected chi connectivity index (χ4v) is 0.809. The second-order valence-electron chi connectivity index (χ2n) is 1.91. The number of pyridine rings is 1. The molecule has 0 aliphatic rings. The van der Waals surface area contributed by atoms with Crippen molar-refractivity contribution in [2.24, 2.45) is 0 Å². The highest BCUT2D eigenvalue weighted by Crippen LogP contribution is 2.06. The molecule has 0 aromatic carbocycles. The van der Waals surface area contributed by atoms with Gasteiger partial charge in [-0.15, -0.1) is 0 Å². The first-order valence-corrected chi connectivity index (χ1v) is 3.31. The van der Waals surface area contributed by atoms with E-state index in [1.54, 1.807) is 6.07 Å². The van der Waals surface area contributed by atoms with Crippen LogP contribution >= 0.6 is 12.2 Å². The van der Waals surface area contributed by atoms with Gasteiger partial charge in [0.15, 0.2) is 0 Å². The molecule has 10 heavy (non-hydrogen) atoms. The van der Waals surface area contributed by atoms with Crippen LogP contribution in [0.15, 0.2) is 12.1 Å². The molecule has 0 atom stereocenters. The molecule has 4 N–H and O–H groups in total. The summed E-state index contributed by atoms with van der Waals surface area (Å²) < 4.78 is 0.576. The third-order valence-electron chi connectivity index (χ3n) is 1.21. The fourth-order valence-electron chi connectivity index (χ4n) is 0.631. The topological polar surface area (TPSA) is 53.8 Å². The van der Waals surface area contributed by atoms with Crippen molar-refractivity contribution in [2.45, 2.75) is 0 Å². The fraction of sp³-hybridized carbons (Fsp3) is 0.167. The molecule has 3 nitrogen and oxygen atoms in total. The summed E-state index contributed by atoms with van der Waals surface area (Å²) in [5.74, 6) is 0.874. The number of rotatable bonds is 1. The number of nitrogens with two attached hydrogens (primary N) is 1. The zero-order valence-corrected chi connectivity index (χ0v) is 6.46. The molecule has 1 aromatic rings. The molecular weight excluding hydrogens is 146 g/mol. The second kappa shape index (κ2) is 2.70. The van der Waals surface area contributed by atoms with Gasteiger partial charge in [0.2, 0.25) is 0 Å². The Morgan fingerprint density at radius 2 is 2.30 bits per heavy atom. The molecular formula is C6H9N3S. The van der Waals surface area contributed by atoms with Crippen LogP contribution in [-0.4, -0.2) is 12.0 Å². The summed E-state index contributed by atoms with van der Waals surface area (Å²) in [5, 5.41) is 2.92. The monoisotopic (exact) mass is 155 g/mol. The molecule has 0 amide bonds. The molecule has 54 valence electrons. The van der Waals surface area contributed by atoms with E-state index in [1.165, 1.54) is 0 Å². The highest BCUT2D eigenvalue weighted by molar-refractivity contribution is 7.71. The molecule has 0 spiro atoms. The molecule has 1 aromatic heterocycles. The molecule has 0 saturated carbocycles. The van der Waals surface area contributed by atoms with Crippen LogP contribution in [0.4, 0.5) is 11.5 Å². The third-order valence-corrected chi connectivity index (χ3v) is 1.55. The Labute approximate surface area is 64.3 Å². The Morgan fingerprint density at radius 3 is 2.80 bits per heavy atom. The predicted octanol–water partition coefficient (Wildman–Crippen LogP) is 1.37. The number of anilines is 2. The number of aromatic amines is 1. The molecule has 0 unspecified atom stereocenters. The summed E-state index contributed by atoms with van der Waals surface area (Å²) in [4.78, 5) is 2.90. The summed E-state index contributed by atoms with van der Waals surface area (Å²) in [5.41, 5.74) is 6.09. The molecule has 0 aliphatic carbocycles. The Bertz CT molecular complexity index is 279. The van der Waals surface area contributed by atoms with Crippen LogP contribution in [0.25, 0.3) is 0 Å². The number of hydrogen-bond donors (Lipinski definition) is 3. The minimum atomic E-state index is 0.576. The van der Waals surface area contributed by atoms with Gasteiger partial charge in [-0.3, -0.25) is 0 Å². The summed E-state index contributed by atoms with van der Waals surface area (Å²) in [6, 6.07) is 3.61. The number of hydrogen-bond acceptors (Lipinski definition) is 3. The number of H-pyrrole nitrogens is 1. The lowest BCUT2D eigenvalue weighted by Crippen LogP contribution is -1.94. The molecule has 0 radical (unpaired) electrons. The predicted molar refractivity (Wildman–Crippen MR) is 45.6 cm³/mol. The Hall–Kier alpha value is -1.03. The first-order chi connectivity index (χ1) is 4.74. The molecule has 0 aliphatic heterocycles. The molecule has 1 heterocycles. The van der Waals surface area contributed by atoms with E-state index in [0.29, 0.717) is 10.3 Å². The van der Waals surface area contributed by atoms with E-state index in [4.69, 9.17) is 18.0 Å². The van der Waals surface area contributed by atoms with Gasteiger partial charge in [-0.2, -0.15) is 0 Å². The quantitative estimate of drug-likeness (QED) is 0.537. The minimum absolute atomic E-state index is 0.576. The van der Waals surface area contributed by atoms with Gasteiger partial charge in [0.1, 0.15) is 10.5 Å². The Morgan fingerprint density at radius 1 is 1.60 bits per heavy atom. The number of nitrogens with one attached hydrogen (secondary N) is 2. The van der Waals surface area contributed by atoms with E-state index in [9.17, 15) is 0 Å². The lowest BCUT2D eigenvalue weighted by atomic mass is 10.4. The maximum absolute atomic E-state index is 5.48. The number of aromatic nitrogens is 1. The normalized spacial score (nSPS) is 9.30. The van der Waals surface area contributed by atoms with Crippen molar-refractivity contribution in [1.29, 1.82) is 0 Å². The standard InChI is InChI=1S/C6H9N3S/c1-8-5-3-2-4(7)6(10)9-5/h2-3H,7H2,1H3,(H2,8,9,10). The third kappa shape index (κ3) is 1.27. The van der Waals surface area contributed by atoms with E-state index in [0.717, 1.165) is 5.82 Å². The van der Waals surface area contributed by atoms with Gasteiger partial charge in [-0.1, -0.05) is 12.2 Å². The lowest BCUT2D eigenvalue weighted by molar-refractivity contribution is 1.27. The van der Waals surface area contributed by atoms with Crippen molar-refractivity contribution in [3.05, 3.63) is 16.8 Å². The summed E-state index contributed by atoms with van der Waals surface area (Å²) in [7, 11) is 1.82. The summed E-state index contributed by atoms with van der Waals surface area (Å²) in [6.45, 7) is 0. The van der Waals surface area contributed by atoms with Crippen LogP contribution in [0, 0.1) is 4.64 Å². The largest absolute Gasteiger partial charge is 0.396 e. The van der Waals surface area contributed by atoms with Crippen LogP contribution in [-0.2, 0) is 0 Å². The first-order valence-electron chi connectivity index (χ1n) is 2.90. The maximum atomic E-state index is 5.48. The van der Waals surface area contributed by atoms with Crippen LogP contribution < -0.4 is 11.1 Å². The van der Waals surface area contributed by atoms with Crippen molar-refractivity contribution in [2.75, 3.05) is 18.1 Å². The van der Waals surface area contributed by atoms with Crippen molar-refractivity contribution >= 4 is 23.7 Å². The zero-order valence-electron chi connectivity index (χ0n) is 5.64. The van der Waals surface area contributed by atoms with Crippen molar-refractivity contribution in [1.82, 2.24) is 4.98 Å². The van der Waals surface area contributed by atoms with E-state index >= 15 is 0 Å². The smallest absolute Gasteiger partial charge is 0.128 e. The van der Waals surface area contributed by atoms with Gasteiger partial charge in [-0.05, 0) is 12.1 Å². The molecule has 4 heteroatoms. The minimum Gasteiger partial charge on any atom is -0.396 e. The van der Waals surface area contributed by atoms with Gasteiger partial charge in [0.25, 0.3) is 0 Å². The average molecular weight is 155 g/mol. The van der Waals surface area contributed by atoms with Crippen LogP contribution in [0.5, 0.6) is 0 Å². The Kier molecular flexibility index (Phi) is 1.91. The number of nitrogen functional groups attached to an aromatic ring is 1. The van der Waals surface area contributed by atoms with E-state index < -0.39 is 0 Å². The van der Waals surface area contributed by atoms with E-state index in [1.807, 2.05) is 13.1 Å². The maximum Gasteiger partial charge on any atom is 0.128 e. The van der Waals surface area contributed by atoms with Crippen molar-refractivity contribution in [3.8, 4) is 0 Å². The highest BCUT2D eigenvalue weighted by atomic mass is 32.1. The van der Waals surface area contributed by atoms with Gasteiger partial charge < -0.3 is 16.0 Å². The van der Waals surface area contributed by atoms with Crippen molar-refractivity contribution in [3.63, 3.8) is 0 Å². The van der Waals surface area contributed by atoms with Crippen LogP contribution in [0.2, 0.25) is 0 Å². The second-order valence-corrected chi connectivity index (χ2v) is 2.31. The summed E-state index contributed by atoms with van der Waals surface area (Å²) in [6.07, 6.45) is 0. The zero-order chi connectivity index (χ0) is 7.56. The Balaban J connectivity index is 3.17. The molecule has 0 saturated heterocycles. The molecule has 0 fully saturated rings. The average Bonchev–Trinajstić information content (AvgIpc) is 1.95. The van der Waals surface area contributed by atoms with Crippen LogP contribution in [0.3, 0.4) is 0 Å². The van der Waals surface area contributed by atoms with Gasteiger partial charge in [-0.25, -0.2) is 0 Å².